The summed E-state index contributed by atoms with van der Waals surface area (Å²) in [6, 6.07) is 10.7. The van der Waals surface area contributed by atoms with Gasteiger partial charge in [0.05, 0.1) is 21.1 Å². The molecule has 0 aromatic heterocycles. The molecule has 0 heterocycles. The van der Waals surface area contributed by atoms with Gasteiger partial charge in [-0.15, -0.1) is 0 Å². The van der Waals surface area contributed by atoms with Crippen LogP contribution in [-0.4, -0.2) is 25.3 Å². The van der Waals surface area contributed by atoms with Crippen LogP contribution in [0.1, 0.15) is 24.2 Å². The maximum Gasteiger partial charge on any atom is 0.270 e. The van der Waals surface area contributed by atoms with Crippen LogP contribution in [0, 0.1) is 10.1 Å². The fourth-order valence-electron chi connectivity index (χ4n) is 2.08. The number of hydrogen-bond acceptors (Lipinski definition) is 5. The molecule has 2 aromatic carbocycles. The quantitative estimate of drug-likeness (QED) is 0.604. The standard InChI is InChI=1S/C16H17N3O5S/c1-11(2)17-16(20)14-8-3-4-9-15(14)18-25(23,24)13-7-5-6-12(10-13)19(21)22/h3-11,18H,1-2H3,(H,17,20). The largest absolute Gasteiger partial charge is 0.350 e. The minimum atomic E-state index is -4.09. The number of hydrogen-bond donors (Lipinski definition) is 2. The molecule has 0 spiro atoms. The number of carbonyl (C=O) groups excluding carboxylic acids is 1. The number of nitrogens with one attached hydrogen (secondary N) is 2. The molecular formula is C16H17N3O5S. The van der Waals surface area contributed by atoms with Crippen LogP contribution < -0.4 is 10.0 Å². The van der Waals surface area contributed by atoms with Crippen LogP contribution >= 0.6 is 0 Å². The molecule has 0 aliphatic rings. The molecule has 0 bridgehead atoms. The van der Waals surface area contributed by atoms with Gasteiger partial charge in [0.1, 0.15) is 0 Å². The fraction of sp³-hybridized carbons (Fsp3) is 0.188. The zero-order valence-corrected chi connectivity index (χ0v) is 14.4. The highest BCUT2D eigenvalue weighted by molar-refractivity contribution is 7.92. The molecule has 0 aliphatic heterocycles. The summed E-state index contributed by atoms with van der Waals surface area (Å²) in [6.45, 7) is 3.57. The monoisotopic (exact) mass is 363 g/mol. The van der Waals surface area contributed by atoms with E-state index in [9.17, 15) is 23.3 Å². The van der Waals surface area contributed by atoms with E-state index in [2.05, 4.69) is 10.0 Å². The molecule has 0 radical (unpaired) electrons. The highest BCUT2D eigenvalue weighted by Crippen LogP contribution is 2.22. The van der Waals surface area contributed by atoms with Crippen molar-refractivity contribution in [2.75, 3.05) is 4.72 Å². The normalized spacial score (nSPS) is 11.2. The molecule has 132 valence electrons. The van der Waals surface area contributed by atoms with Gasteiger partial charge in [0.25, 0.3) is 21.6 Å². The fourth-order valence-corrected chi connectivity index (χ4v) is 3.20. The highest BCUT2D eigenvalue weighted by atomic mass is 32.2. The van der Waals surface area contributed by atoms with E-state index in [0.717, 1.165) is 6.07 Å². The van der Waals surface area contributed by atoms with Crippen molar-refractivity contribution in [2.45, 2.75) is 24.8 Å². The molecule has 25 heavy (non-hydrogen) atoms. The van der Waals surface area contributed by atoms with E-state index >= 15 is 0 Å². The summed E-state index contributed by atoms with van der Waals surface area (Å²) in [4.78, 5) is 22.1. The number of amides is 1. The lowest BCUT2D eigenvalue weighted by Crippen LogP contribution is -2.31. The smallest absolute Gasteiger partial charge is 0.270 e. The summed E-state index contributed by atoms with van der Waals surface area (Å²) in [5.74, 6) is -0.424. The van der Waals surface area contributed by atoms with Crippen LogP contribution in [0.5, 0.6) is 0 Å². The van der Waals surface area contributed by atoms with Crippen LogP contribution in [0.2, 0.25) is 0 Å². The average molecular weight is 363 g/mol. The first-order valence-corrected chi connectivity index (χ1v) is 8.86. The second-order valence-corrected chi connectivity index (χ2v) is 7.22. The highest BCUT2D eigenvalue weighted by Gasteiger charge is 2.20. The second-order valence-electron chi connectivity index (χ2n) is 5.53. The van der Waals surface area contributed by atoms with Crippen LogP contribution in [0.15, 0.2) is 53.4 Å². The van der Waals surface area contributed by atoms with Crippen molar-refractivity contribution in [3.05, 3.63) is 64.2 Å². The van der Waals surface area contributed by atoms with Crippen molar-refractivity contribution in [2.24, 2.45) is 0 Å². The van der Waals surface area contributed by atoms with E-state index in [4.69, 9.17) is 0 Å². The summed E-state index contributed by atoms with van der Waals surface area (Å²) in [5, 5.41) is 13.5. The Bertz CT molecular complexity index is 909. The van der Waals surface area contributed by atoms with E-state index < -0.39 is 20.9 Å². The van der Waals surface area contributed by atoms with Crippen LogP contribution in [0.4, 0.5) is 11.4 Å². The summed E-state index contributed by atoms with van der Waals surface area (Å²) < 4.78 is 27.3. The van der Waals surface area contributed by atoms with Crippen molar-refractivity contribution in [1.82, 2.24) is 5.32 Å². The van der Waals surface area contributed by atoms with Gasteiger partial charge in [0.15, 0.2) is 0 Å². The van der Waals surface area contributed by atoms with Crippen molar-refractivity contribution in [1.29, 1.82) is 0 Å². The molecule has 9 heteroatoms. The predicted octanol–water partition coefficient (Wildman–Crippen LogP) is 2.53. The first kappa shape index (κ1) is 18.4. The minimum Gasteiger partial charge on any atom is -0.350 e. The molecule has 0 fully saturated rings. The molecule has 1 amide bonds. The number of rotatable bonds is 6. The number of nitrogens with zero attached hydrogens (tertiary/aromatic N) is 1. The molecule has 0 saturated heterocycles. The topological polar surface area (TPSA) is 118 Å². The number of para-hydroxylation sites is 1. The molecule has 0 aliphatic carbocycles. The number of benzene rings is 2. The number of anilines is 1. The Labute approximate surface area is 145 Å². The van der Waals surface area contributed by atoms with Gasteiger partial charge in [0, 0.05) is 18.2 Å². The average Bonchev–Trinajstić information content (AvgIpc) is 2.54. The van der Waals surface area contributed by atoms with E-state index in [1.165, 1.54) is 30.3 Å². The van der Waals surface area contributed by atoms with Crippen molar-refractivity contribution in [3.63, 3.8) is 0 Å². The van der Waals surface area contributed by atoms with Crippen LogP contribution in [-0.2, 0) is 10.0 Å². The van der Waals surface area contributed by atoms with Crippen molar-refractivity contribution in [3.8, 4) is 0 Å². The van der Waals surface area contributed by atoms with Gasteiger partial charge in [-0.1, -0.05) is 18.2 Å². The lowest BCUT2D eigenvalue weighted by molar-refractivity contribution is -0.385. The number of sulfonamides is 1. The minimum absolute atomic E-state index is 0.0900. The molecule has 0 saturated carbocycles. The number of nitro benzene ring substituents is 1. The number of carbonyl (C=O) groups is 1. The number of non-ortho nitro benzene ring substituents is 1. The van der Waals surface area contributed by atoms with E-state index in [1.54, 1.807) is 26.0 Å². The van der Waals surface area contributed by atoms with E-state index in [1.807, 2.05) is 0 Å². The first-order valence-electron chi connectivity index (χ1n) is 7.38. The van der Waals surface area contributed by atoms with E-state index in [0.29, 0.717) is 0 Å². The van der Waals surface area contributed by atoms with Crippen LogP contribution in [0.3, 0.4) is 0 Å². The molecule has 0 atom stereocenters. The van der Waals surface area contributed by atoms with Crippen molar-refractivity contribution >= 4 is 27.3 Å². The Balaban J connectivity index is 2.37. The third-order valence-electron chi connectivity index (χ3n) is 3.17. The number of nitro groups is 1. The molecule has 2 aromatic rings. The summed E-state index contributed by atoms with van der Waals surface area (Å²) in [6.07, 6.45) is 0. The first-order chi connectivity index (χ1) is 11.7. The second kappa shape index (κ2) is 7.31. The third kappa shape index (κ3) is 4.54. The third-order valence-corrected chi connectivity index (χ3v) is 4.54. The Morgan fingerprint density at radius 2 is 1.80 bits per heavy atom. The SMILES string of the molecule is CC(C)NC(=O)c1ccccc1NS(=O)(=O)c1cccc([N+](=O)[O-])c1. The van der Waals surface area contributed by atoms with Crippen LogP contribution in [0.25, 0.3) is 0 Å². The lowest BCUT2D eigenvalue weighted by Gasteiger charge is -2.14. The van der Waals surface area contributed by atoms with Crippen molar-refractivity contribution < 1.29 is 18.1 Å². The Morgan fingerprint density at radius 3 is 2.44 bits per heavy atom. The summed E-state index contributed by atoms with van der Waals surface area (Å²) in [7, 11) is -4.09. The summed E-state index contributed by atoms with van der Waals surface area (Å²) in [5.41, 5.74) is -0.0916. The van der Waals surface area contributed by atoms with Gasteiger partial charge < -0.3 is 5.32 Å². The Kier molecular flexibility index (Phi) is 5.38. The van der Waals surface area contributed by atoms with Gasteiger partial charge in [-0.2, -0.15) is 0 Å². The molecule has 2 N–H and O–H groups in total. The maximum atomic E-state index is 12.5. The molecule has 0 unspecified atom stereocenters. The summed E-state index contributed by atoms with van der Waals surface area (Å²) >= 11 is 0. The van der Waals surface area contributed by atoms with Gasteiger partial charge >= 0.3 is 0 Å². The van der Waals surface area contributed by atoms with Gasteiger partial charge in [-0.3, -0.25) is 19.6 Å². The molecule has 2 rings (SSSR count). The predicted molar refractivity (Wildman–Crippen MR) is 92.9 cm³/mol. The van der Waals surface area contributed by atoms with E-state index in [-0.39, 0.29) is 27.9 Å². The maximum absolute atomic E-state index is 12.5. The van der Waals surface area contributed by atoms with Gasteiger partial charge in [-0.05, 0) is 32.0 Å². The Hall–Kier alpha value is -2.94. The lowest BCUT2D eigenvalue weighted by atomic mass is 10.1. The zero-order valence-electron chi connectivity index (χ0n) is 13.6. The molecule has 8 nitrogen and oxygen atoms in total. The van der Waals surface area contributed by atoms with Gasteiger partial charge in [-0.25, -0.2) is 8.42 Å². The molecular weight excluding hydrogens is 346 g/mol. The Morgan fingerprint density at radius 1 is 1.12 bits per heavy atom. The zero-order chi connectivity index (χ0) is 18.6. The van der Waals surface area contributed by atoms with Gasteiger partial charge in [0.2, 0.25) is 0 Å².